The number of allylic oxidation sites excluding steroid dienone is 30. The van der Waals surface area contributed by atoms with E-state index in [1.807, 2.05) is 33.3 Å². The third-order valence-corrected chi connectivity index (χ3v) is 11.9. The van der Waals surface area contributed by atoms with Crippen LogP contribution < -0.4 is 4.89 Å². The average Bonchev–Trinajstić information content (AvgIpc) is 3.38. The van der Waals surface area contributed by atoms with Crippen molar-refractivity contribution in [3.8, 4) is 0 Å². The molecule has 0 aromatic carbocycles. The number of hydrogen-bond donors (Lipinski definition) is 0. The molecular formula is C66H102NO8P. The van der Waals surface area contributed by atoms with Gasteiger partial charge in [-0.2, -0.15) is 0 Å². The van der Waals surface area contributed by atoms with Gasteiger partial charge in [0.15, 0.2) is 6.10 Å². The van der Waals surface area contributed by atoms with Crippen molar-refractivity contribution in [2.75, 3.05) is 47.5 Å². The fourth-order valence-corrected chi connectivity index (χ4v) is 7.34. The molecule has 0 rings (SSSR count). The molecule has 0 aliphatic carbocycles. The van der Waals surface area contributed by atoms with Crippen molar-refractivity contribution in [1.82, 2.24) is 0 Å². The van der Waals surface area contributed by atoms with Gasteiger partial charge in [-0.15, -0.1) is 0 Å². The second-order valence-corrected chi connectivity index (χ2v) is 20.6. The van der Waals surface area contributed by atoms with Crippen molar-refractivity contribution in [1.29, 1.82) is 0 Å². The molecule has 2 unspecified atom stereocenters. The molecule has 424 valence electrons. The van der Waals surface area contributed by atoms with Crippen molar-refractivity contribution in [3.63, 3.8) is 0 Å². The average molecular weight is 1070 g/mol. The van der Waals surface area contributed by atoms with Gasteiger partial charge in [0.1, 0.15) is 19.8 Å². The van der Waals surface area contributed by atoms with Crippen LogP contribution in [0.15, 0.2) is 182 Å². The van der Waals surface area contributed by atoms with Gasteiger partial charge in [0.25, 0.3) is 7.82 Å². The molecule has 0 aliphatic heterocycles. The number of quaternary nitrogens is 1. The molecule has 0 heterocycles. The lowest BCUT2D eigenvalue weighted by Gasteiger charge is -2.28. The number of nitrogens with zero attached hydrogens (tertiary/aromatic N) is 1. The number of phosphoric acid groups is 1. The standard InChI is InChI=1S/C66H102NO8P/c1-6-8-10-12-14-16-18-20-21-22-23-24-25-26-27-28-29-30-31-32-33-34-35-36-37-38-39-40-41-42-43-44-45-47-49-51-53-55-57-59-66(69)75-64(63-74-76(70,71)73-61-60-67(3,4)5)62-72-65(68)58-56-54-52-50-48-46-19-17-15-13-11-9-7-2/h8-11,14-17,20-21,23-24,26-27,29-30,32-33,35-36,38-39,41-42,44-46,48,52,54,64H,6-7,12-13,18-19,22,25,28,31,34,37,40,43,47,49-51,53,55-63H2,1-5H3/b10-8-,11-9-,16-14-,17-15-,21-20-,24-23-,27-26-,30-29-,33-32-,36-35-,39-38-,42-41-,45-44-,48-46-,54-52-. The van der Waals surface area contributed by atoms with Gasteiger partial charge in [-0.05, 0) is 122 Å². The summed E-state index contributed by atoms with van der Waals surface area (Å²) < 4.78 is 33.9. The molecular weight excluding hydrogens is 966 g/mol. The normalized spacial score (nSPS) is 14.7. The van der Waals surface area contributed by atoms with Crippen LogP contribution in [0.2, 0.25) is 0 Å². The summed E-state index contributed by atoms with van der Waals surface area (Å²) in [6.45, 7) is 3.85. The van der Waals surface area contributed by atoms with Crippen LogP contribution in [0.3, 0.4) is 0 Å². The Labute approximate surface area is 463 Å². The summed E-state index contributed by atoms with van der Waals surface area (Å²) in [4.78, 5) is 37.7. The van der Waals surface area contributed by atoms with Crippen LogP contribution in [0, 0.1) is 0 Å². The molecule has 0 saturated carbocycles. The first-order valence-corrected chi connectivity index (χ1v) is 30.0. The molecule has 0 aromatic heterocycles. The topological polar surface area (TPSA) is 111 Å². The predicted octanol–water partition coefficient (Wildman–Crippen LogP) is 17.4. The second kappa shape index (κ2) is 54.9. The summed E-state index contributed by atoms with van der Waals surface area (Å²) in [5, 5.41) is 0. The lowest BCUT2D eigenvalue weighted by Crippen LogP contribution is -2.37. The van der Waals surface area contributed by atoms with Crippen molar-refractivity contribution in [2.45, 2.75) is 174 Å². The molecule has 2 atom stereocenters. The van der Waals surface area contributed by atoms with E-state index in [4.69, 9.17) is 18.5 Å². The monoisotopic (exact) mass is 1070 g/mol. The molecule has 0 radical (unpaired) electrons. The number of carbonyl (C=O) groups excluding carboxylic acids is 2. The molecule has 0 spiro atoms. The maximum Gasteiger partial charge on any atom is 0.306 e. The van der Waals surface area contributed by atoms with E-state index in [9.17, 15) is 19.0 Å². The summed E-state index contributed by atoms with van der Waals surface area (Å²) in [5.41, 5.74) is 0. The zero-order chi connectivity index (χ0) is 55.6. The van der Waals surface area contributed by atoms with Crippen molar-refractivity contribution < 1.29 is 42.1 Å². The zero-order valence-corrected chi connectivity index (χ0v) is 48.8. The number of esters is 2. The van der Waals surface area contributed by atoms with Gasteiger partial charge >= 0.3 is 11.9 Å². The third-order valence-electron chi connectivity index (χ3n) is 10.9. The summed E-state index contributed by atoms with van der Waals surface area (Å²) in [6, 6.07) is 0. The summed E-state index contributed by atoms with van der Waals surface area (Å²) in [7, 11) is 1.08. The van der Waals surface area contributed by atoms with Gasteiger partial charge in [0.05, 0.1) is 27.7 Å². The number of ether oxygens (including phenoxy) is 2. The van der Waals surface area contributed by atoms with Gasteiger partial charge < -0.3 is 27.9 Å². The van der Waals surface area contributed by atoms with E-state index in [0.717, 1.165) is 128 Å². The Hall–Kier alpha value is -4.89. The Morgan fingerprint density at radius 3 is 1.11 bits per heavy atom. The fourth-order valence-electron chi connectivity index (χ4n) is 6.61. The fraction of sp³-hybridized carbons (Fsp3) is 0.515. The molecule has 0 fully saturated rings. The summed E-state index contributed by atoms with van der Waals surface area (Å²) in [5.74, 6) is -0.970. The number of hydrogen-bond acceptors (Lipinski definition) is 8. The third kappa shape index (κ3) is 58.4. The van der Waals surface area contributed by atoms with E-state index >= 15 is 0 Å². The van der Waals surface area contributed by atoms with E-state index in [2.05, 4.69) is 184 Å². The molecule has 0 aromatic rings. The lowest BCUT2D eigenvalue weighted by atomic mass is 10.1. The number of carbonyl (C=O) groups is 2. The molecule has 0 N–H and O–H groups in total. The first-order valence-electron chi connectivity index (χ1n) is 28.5. The van der Waals surface area contributed by atoms with Gasteiger partial charge in [0.2, 0.25) is 0 Å². The lowest BCUT2D eigenvalue weighted by molar-refractivity contribution is -0.870. The van der Waals surface area contributed by atoms with Gasteiger partial charge in [-0.25, -0.2) is 0 Å². The van der Waals surface area contributed by atoms with Crippen LogP contribution in [0.5, 0.6) is 0 Å². The highest BCUT2D eigenvalue weighted by atomic mass is 31.2. The van der Waals surface area contributed by atoms with Gasteiger partial charge in [-0.3, -0.25) is 14.2 Å². The SMILES string of the molecule is CC/C=C\C/C=C\C/C=C\C/C=C\C/C=C\C/C=C\C/C=C\C/C=C\C/C=C\C/C=C\C/C=C\CCCCCCCC(=O)OC(COC(=O)CC/C=C\C/C=C\C/C=C\C/C=C\CC)COP(=O)([O-])OCC[N+](C)(C)C. The number of likely N-dealkylation sites (N-methyl/N-ethyl adjacent to an activating group) is 1. The molecule has 0 bridgehead atoms. The first kappa shape index (κ1) is 71.1. The quantitative estimate of drug-likeness (QED) is 0.0195. The Morgan fingerprint density at radius 1 is 0.408 bits per heavy atom. The highest BCUT2D eigenvalue weighted by molar-refractivity contribution is 7.45. The Morgan fingerprint density at radius 2 is 0.737 bits per heavy atom. The van der Waals surface area contributed by atoms with Crippen LogP contribution in [-0.2, 0) is 32.7 Å². The van der Waals surface area contributed by atoms with E-state index in [0.29, 0.717) is 23.9 Å². The van der Waals surface area contributed by atoms with Gasteiger partial charge in [0, 0.05) is 12.8 Å². The first-order chi connectivity index (χ1) is 37.0. The minimum atomic E-state index is -4.67. The Kier molecular flexibility index (Phi) is 51.4. The zero-order valence-electron chi connectivity index (χ0n) is 47.9. The highest BCUT2D eigenvalue weighted by Crippen LogP contribution is 2.38. The molecule has 9 nitrogen and oxygen atoms in total. The van der Waals surface area contributed by atoms with Gasteiger partial charge in [-0.1, -0.05) is 215 Å². The minimum absolute atomic E-state index is 0.0561. The Bertz CT molecular complexity index is 1930. The van der Waals surface area contributed by atoms with E-state index in [-0.39, 0.29) is 26.1 Å². The maximum atomic E-state index is 12.8. The largest absolute Gasteiger partial charge is 0.756 e. The molecule has 0 saturated heterocycles. The van der Waals surface area contributed by atoms with E-state index in [1.54, 1.807) is 0 Å². The number of phosphoric ester groups is 1. The molecule has 0 aliphatic rings. The minimum Gasteiger partial charge on any atom is -0.756 e. The molecule has 10 heteroatoms. The van der Waals surface area contributed by atoms with Crippen molar-refractivity contribution in [3.05, 3.63) is 182 Å². The van der Waals surface area contributed by atoms with Crippen molar-refractivity contribution in [2.24, 2.45) is 0 Å². The van der Waals surface area contributed by atoms with Crippen LogP contribution >= 0.6 is 7.82 Å². The summed E-state index contributed by atoms with van der Waals surface area (Å²) in [6.07, 6.45) is 85.4. The maximum absolute atomic E-state index is 12.8. The summed E-state index contributed by atoms with van der Waals surface area (Å²) >= 11 is 0. The molecule has 0 amide bonds. The number of rotatable bonds is 49. The smallest absolute Gasteiger partial charge is 0.306 e. The van der Waals surface area contributed by atoms with Crippen LogP contribution in [0.4, 0.5) is 0 Å². The highest BCUT2D eigenvalue weighted by Gasteiger charge is 2.21. The number of unbranched alkanes of at least 4 members (excludes halogenated alkanes) is 5. The van der Waals surface area contributed by atoms with Crippen LogP contribution in [0.1, 0.15) is 168 Å². The molecule has 76 heavy (non-hydrogen) atoms. The predicted molar refractivity (Wildman–Crippen MR) is 323 cm³/mol. The van der Waals surface area contributed by atoms with Crippen LogP contribution in [0.25, 0.3) is 0 Å². The Balaban J connectivity index is 4.24. The van der Waals surface area contributed by atoms with Crippen LogP contribution in [-0.4, -0.2) is 70.0 Å². The van der Waals surface area contributed by atoms with Crippen molar-refractivity contribution >= 4 is 19.8 Å². The van der Waals surface area contributed by atoms with E-state index < -0.39 is 32.5 Å². The van der Waals surface area contributed by atoms with E-state index in [1.165, 1.54) is 0 Å². The second-order valence-electron chi connectivity index (χ2n) is 19.2.